The van der Waals surface area contributed by atoms with Gasteiger partial charge >= 0.3 is 0 Å². The lowest BCUT2D eigenvalue weighted by molar-refractivity contribution is 0.0955. The van der Waals surface area contributed by atoms with Crippen LogP contribution in [0.15, 0.2) is 79.4 Å². The number of thioether (sulfide) groups is 1. The van der Waals surface area contributed by atoms with Gasteiger partial charge in [0.2, 0.25) is 0 Å². The maximum Gasteiger partial charge on any atom is 0.251 e. The molecule has 37 heavy (non-hydrogen) atoms. The number of amidine groups is 2. The Kier molecular flexibility index (Phi) is 8.99. The first kappa shape index (κ1) is 26.5. The Hall–Kier alpha value is -3.61. The largest absolute Gasteiger partial charge is 0.468 e. The van der Waals surface area contributed by atoms with Crippen molar-refractivity contribution in [1.82, 2.24) is 26.0 Å². The molecule has 0 saturated carbocycles. The van der Waals surface area contributed by atoms with Crippen LogP contribution >= 0.6 is 11.8 Å². The summed E-state index contributed by atoms with van der Waals surface area (Å²) in [6.07, 6.45) is 2.25. The van der Waals surface area contributed by atoms with Crippen molar-refractivity contribution in [3.05, 3.63) is 66.4 Å². The van der Waals surface area contributed by atoms with Crippen molar-refractivity contribution < 1.29 is 9.21 Å². The molecule has 1 aromatic carbocycles. The predicted octanol–water partition coefficient (Wildman–Crippen LogP) is 2.15. The summed E-state index contributed by atoms with van der Waals surface area (Å²) < 4.78 is 5.47. The number of likely N-dealkylation sites (N-methyl/N-ethyl adjacent to an activating group) is 1. The fourth-order valence-corrected chi connectivity index (χ4v) is 4.58. The first-order valence-electron chi connectivity index (χ1n) is 12.1. The summed E-state index contributed by atoms with van der Waals surface area (Å²) in [6, 6.07) is 11.0. The number of amides is 1. The number of nitrogens with one attached hydrogen (secondary N) is 3. The Morgan fingerprint density at radius 2 is 1.97 bits per heavy atom. The molecular formula is C25H33N9O2S. The molecular weight excluding hydrogens is 490 g/mol. The van der Waals surface area contributed by atoms with E-state index in [1.807, 2.05) is 36.1 Å². The third-order valence-electron chi connectivity index (χ3n) is 5.86. The molecule has 0 spiro atoms. The fourth-order valence-electron chi connectivity index (χ4n) is 3.81. The summed E-state index contributed by atoms with van der Waals surface area (Å²) in [4.78, 5) is 31.0. The van der Waals surface area contributed by atoms with E-state index in [2.05, 4.69) is 49.7 Å². The van der Waals surface area contributed by atoms with Crippen LogP contribution in [0.2, 0.25) is 0 Å². The summed E-state index contributed by atoms with van der Waals surface area (Å²) in [5.41, 5.74) is 13.2. The predicted molar refractivity (Wildman–Crippen MR) is 147 cm³/mol. The van der Waals surface area contributed by atoms with Crippen molar-refractivity contribution in [2.24, 2.45) is 20.7 Å². The van der Waals surface area contributed by atoms with E-state index in [0.29, 0.717) is 41.3 Å². The smallest absolute Gasteiger partial charge is 0.251 e. The Morgan fingerprint density at radius 3 is 2.65 bits per heavy atom. The van der Waals surface area contributed by atoms with E-state index in [0.717, 1.165) is 36.8 Å². The van der Waals surface area contributed by atoms with Gasteiger partial charge in [0.05, 0.1) is 12.3 Å². The number of nitrogens with zero attached hydrogens (tertiary/aromatic N) is 5. The third-order valence-corrected chi connectivity index (χ3v) is 6.74. The number of hydrazine groups is 1. The van der Waals surface area contributed by atoms with Crippen LogP contribution in [0.1, 0.15) is 35.5 Å². The van der Waals surface area contributed by atoms with E-state index in [-0.39, 0.29) is 11.9 Å². The van der Waals surface area contributed by atoms with E-state index in [1.165, 1.54) is 11.8 Å². The van der Waals surface area contributed by atoms with Gasteiger partial charge < -0.3 is 30.7 Å². The van der Waals surface area contributed by atoms with Crippen LogP contribution in [0.5, 0.6) is 0 Å². The van der Waals surface area contributed by atoms with E-state index >= 15 is 0 Å². The van der Waals surface area contributed by atoms with Crippen molar-refractivity contribution in [2.45, 2.75) is 24.3 Å². The highest BCUT2D eigenvalue weighted by Crippen LogP contribution is 2.24. The standard InChI is InChI=1S/C25H33N9O2S/c1-4-27-23(35)18-7-9-19(10-8-18)37-25(30-24(26)34-13-11-33(3)12-14-34)29-17(2)28-22-16-20(31-32-22)21-6-5-15-36-21/h5-10,15,20,31H,2,4,11-14,16H2,1,3H3,(H,27,35)(H,28,32)(H2,26,29,30). The molecule has 11 nitrogen and oxygen atoms in total. The van der Waals surface area contributed by atoms with Gasteiger partial charge in [-0.3, -0.25) is 4.79 Å². The molecule has 2 aromatic rings. The second-order valence-electron chi connectivity index (χ2n) is 8.66. The fraction of sp³-hybridized carbons (Fsp3) is 0.360. The van der Waals surface area contributed by atoms with Crippen LogP contribution in [0.25, 0.3) is 0 Å². The second kappa shape index (κ2) is 12.6. The lowest BCUT2D eigenvalue weighted by atomic mass is 10.2. The molecule has 2 aliphatic rings. The van der Waals surface area contributed by atoms with Crippen LogP contribution in [-0.4, -0.2) is 72.4 Å². The van der Waals surface area contributed by atoms with Crippen LogP contribution in [-0.2, 0) is 0 Å². The van der Waals surface area contributed by atoms with Crippen molar-refractivity contribution in [2.75, 3.05) is 39.8 Å². The quantitative estimate of drug-likeness (QED) is 0.257. The zero-order chi connectivity index (χ0) is 26.2. The number of aliphatic imine (C=N–C) groups is 3. The number of hydrogen-bond donors (Lipinski definition) is 4. The minimum atomic E-state index is -0.111. The number of furan rings is 1. The topological polar surface area (TPSA) is 136 Å². The molecule has 2 fully saturated rings. The first-order valence-corrected chi connectivity index (χ1v) is 13.0. The molecule has 1 amide bonds. The van der Waals surface area contributed by atoms with Gasteiger partial charge in [0, 0.05) is 49.6 Å². The molecule has 1 atom stereocenters. The van der Waals surface area contributed by atoms with Gasteiger partial charge in [0.15, 0.2) is 11.1 Å². The number of benzene rings is 1. The lowest BCUT2D eigenvalue weighted by Crippen LogP contribution is -2.50. The summed E-state index contributed by atoms with van der Waals surface area (Å²) >= 11 is 1.33. The van der Waals surface area contributed by atoms with Gasteiger partial charge in [-0.15, -0.1) is 0 Å². The molecule has 2 saturated heterocycles. The maximum atomic E-state index is 12.1. The molecule has 3 heterocycles. The molecule has 1 unspecified atom stereocenters. The Bertz CT molecular complexity index is 1170. The van der Waals surface area contributed by atoms with Crippen LogP contribution < -0.4 is 21.9 Å². The monoisotopic (exact) mass is 523 g/mol. The van der Waals surface area contributed by atoms with Crippen molar-refractivity contribution in [1.29, 1.82) is 0 Å². The van der Waals surface area contributed by atoms with Crippen LogP contribution in [0.3, 0.4) is 0 Å². The van der Waals surface area contributed by atoms with Crippen molar-refractivity contribution in [3.8, 4) is 0 Å². The van der Waals surface area contributed by atoms with Gasteiger partial charge in [-0.05, 0) is 62.1 Å². The van der Waals surface area contributed by atoms with Crippen LogP contribution in [0, 0.1) is 0 Å². The Balaban J connectivity index is 1.51. The molecule has 0 aliphatic carbocycles. The molecule has 0 bridgehead atoms. The van der Waals surface area contributed by atoms with Gasteiger partial charge in [-0.1, -0.05) is 6.58 Å². The highest BCUT2D eigenvalue weighted by Gasteiger charge is 2.23. The molecule has 12 heteroatoms. The molecule has 196 valence electrons. The summed E-state index contributed by atoms with van der Waals surface area (Å²) in [7, 11) is 2.09. The average Bonchev–Trinajstić information content (AvgIpc) is 3.57. The number of guanidine groups is 1. The minimum Gasteiger partial charge on any atom is -0.468 e. The molecule has 0 radical (unpaired) electrons. The number of nitrogens with two attached hydrogens (primary N) is 1. The molecule has 2 aliphatic heterocycles. The van der Waals surface area contributed by atoms with E-state index in [1.54, 1.807) is 18.4 Å². The highest BCUT2D eigenvalue weighted by atomic mass is 32.2. The SMILES string of the molecule is C=C(N=C1CC(c2ccco2)NN1)N=C(N=C(N)N1CCN(C)CC1)Sc1ccc(C(=O)NCC)cc1. The highest BCUT2D eigenvalue weighted by molar-refractivity contribution is 8.14. The lowest BCUT2D eigenvalue weighted by Gasteiger charge is -2.32. The second-order valence-corrected chi connectivity index (χ2v) is 9.70. The molecule has 1 aromatic heterocycles. The zero-order valence-electron chi connectivity index (χ0n) is 21.1. The summed E-state index contributed by atoms with van der Waals surface area (Å²) in [5, 5.41) is 3.21. The maximum absolute atomic E-state index is 12.1. The summed E-state index contributed by atoms with van der Waals surface area (Å²) in [6.45, 7) is 9.87. The number of carbonyl (C=O) groups excluding carboxylic acids is 1. The minimum absolute atomic E-state index is 0.0197. The normalized spacial score (nSPS) is 20.2. The van der Waals surface area contributed by atoms with Crippen LogP contribution in [0.4, 0.5) is 0 Å². The summed E-state index contributed by atoms with van der Waals surface area (Å²) in [5.74, 6) is 2.10. The third kappa shape index (κ3) is 7.44. The number of hydrogen-bond acceptors (Lipinski definition) is 7. The van der Waals surface area contributed by atoms with Gasteiger partial charge in [-0.2, -0.15) is 4.99 Å². The molecule has 4 rings (SSSR count). The number of carbonyl (C=O) groups is 1. The van der Waals surface area contributed by atoms with Gasteiger partial charge in [0.1, 0.15) is 17.4 Å². The Morgan fingerprint density at radius 1 is 1.22 bits per heavy atom. The first-order chi connectivity index (χ1) is 17.9. The van der Waals surface area contributed by atoms with E-state index < -0.39 is 0 Å². The van der Waals surface area contributed by atoms with Crippen molar-refractivity contribution >= 4 is 34.6 Å². The zero-order valence-corrected chi connectivity index (χ0v) is 21.9. The number of rotatable bonds is 6. The van der Waals surface area contributed by atoms with E-state index in [9.17, 15) is 4.79 Å². The molecule has 5 N–H and O–H groups in total. The van der Waals surface area contributed by atoms with Crippen molar-refractivity contribution in [3.63, 3.8) is 0 Å². The van der Waals surface area contributed by atoms with Gasteiger partial charge in [-0.25, -0.2) is 15.4 Å². The average molecular weight is 524 g/mol. The van der Waals surface area contributed by atoms with E-state index in [4.69, 9.17) is 10.2 Å². The Labute approximate surface area is 221 Å². The number of piperazine rings is 1. The van der Waals surface area contributed by atoms with Gasteiger partial charge in [0.25, 0.3) is 5.91 Å².